The van der Waals surface area contributed by atoms with Gasteiger partial charge in [-0.15, -0.1) is 0 Å². The van der Waals surface area contributed by atoms with Crippen molar-refractivity contribution in [3.8, 4) is 0 Å². The Bertz CT molecular complexity index is 1210. The Hall–Kier alpha value is -3.88. The molecule has 1 heterocycles. The number of aliphatic hydroxyl groups excluding tert-OH is 2. The fourth-order valence-corrected chi connectivity index (χ4v) is 3.42. The topological polar surface area (TPSA) is 98.7 Å². The normalized spacial score (nSPS) is 13.1. The molecule has 0 fully saturated rings. The lowest BCUT2D eigenvalue weighted by Gasteiger charge is -2.13. The second-order valence-corrected chi connectivity index (χ2v) is 7.19. The molecule has 1 unspecified atom stereocenters. The quantitative estimate of drug-likeness (QED) is 0.203. The molecule has 0 saturated carbocycles. The van der Waals surface area contributed by atoms with E-state index < -0.39 is 35.9 Å². The number of Topliss-reactive ketones (excluding diaryl/α,β-unsaturated/α-hetero) is 2. The van der Waals surface area contributed by atoms with Crippen LogP contribution in [0.4, 0.5) is 20.2 Å². The molecular formula is C24H18F2N2O4. The predicted octanol–water partition coefficient (Wildman–Crippen LogP) is 3.81. The van der Waals surface area contributed by atoms with Crippen molar-refractivity contribution in [3.63, 3.8) is 0 Å². The molecule has 162 valence electrons. The molecule has 4 N–H and O–H groups in total. The van der Waals surface area contributed by atoms with E-state index in [1.54, 1.807) is 24.3 Å². The summed E-state index contributed by atoms with van der Waals surface area (Å²) >= 11 is 0. The van der Waals surface area contributed by atoms with Gasteiger partial charge in [0.2, 0.25) is 11.6 Å². The zero-order valence-corrected chi connectivity index (χ0v) is 16.6. The molecule has 1 aliphatic rings. The van der Waals surface area contributed by atoms with Gasteiger partial charge in [0.1, 0.15) is 29.1 Å². The smallest absolute Gasteiger partial charge is 0.200 e. The number of ketones is 2. The average Bonchev–Trinajstić information content (AvgIpc) is 3.21. The molecule has 3 aromatic rings. The summed E-state index contributed by atoms with van der Waals surface area (Å²) in [6.45, 7) is -0.550. The number of fused-ring (bicyclic) bond motifs is 1. The van der Waals surface area contributed by atoms with E-state index in [0.717, 1.165) is 12.1 Å². The minimum absolute atomic E-state index is 0.0577. The standard InChI is InChI=1S/C24H18F2N2O4/c25-16-9-15(10-17(26)11-16)23(32)21(24-27-18-6-1-2-7-19(18)28-24)22(31)14-5-3-4-13(8-14)20(30)12-29/h1-11,20,27-30H,12H2. The summed E-state index contributed by atoms with van der Waals surface area (Å²) in [5, 5.41) is 25.0. The van der Waals surface area contributed by atoms with E-state index in [2.05, 4.69) is 10.6 Å². The maximum atomic E-state index is 13.8. The molecule has 0 aromatic heterocycles. The molecule has 0 saturated heterocycles. The third kappa shape index (κ3) is 4.14. The van der Waals surface area contributed by atoms with Crippen molar-refractivity contribution < 1.29 is 28.6 Å². The van der Waals surface area contributed by atoms with Crippen molar-refractivity contribution in [1.82, 2.24) is 0 Å². The van der Waals surface area contributed by atoms with Gasteiger partial charge < -0.3 is 20.8 Å². The van der Waals surface area contributed by atoms with Crippen molar-refractivity contribution in [1.29, 1.82) is 0 Å². The van der Waals surface area contributed by atoms with E-state index in [4.69, 9.17) is 0 Å². The second-order valence-electron chi connectivity index (χ2n) is 7.19. The number of anilines is 2. The summed E-state index contributed by atoms with van der Waals surface area (Å²) < 4.78 is 27.5. The fourth-order valence-electron chi connectivity index (χ4n) is 3.42. The van der Waals surface area contributed by atoms with Gasteiger partial charge in [-0.05, 0) is 35.9 Å². The third-order valence-corrected chi connectivity index (χ3v) is 4.98. The molecule has 32 heavy (non-hydrogen) atoms. The first-order chi connectivity index (χ1) is 15.4. The average molecular weight is 436 g/mol. The summed E-state index contributed by atoms with van der Waals surface area (Å²) in [4.78, 5) is 26.7. The highest BCUT2D eigenvalue weighted by atomic mass is 19.1. The van der Waals surface area contributed by atoms with Crippen LogP contribution in [0, 0.1) is 11.6 Å². The molecule has 0 radical (unpaired) electrons. The molecule has 0 spiro atoms. The first-order valence-corrected chi connectivity index (χ1v) is 9.69. The number of aliphatic hydroxyl groups is 2. The van der Waals surface area contributed by atoms with Crippen LogP contribution < -0.4 is 10.6 Å². The number of hydrogen-bond donors (Lipinski definition) is 4. The van der Waals surface area contributed by atoms with Crippen LogP contribution in [0.15, 0.2) is 78.1 Å². The Morgan fingerprint density at radius 1 is 0.812 bits per heavy atom. The number of carbonyl (C=O) groups is 2. The van der Waals surface area contributed by atoms with E-state index in [1.165, 1.54) is 24.3 Å². The first-order valence-electron chi connectivity index (χ1n) is 9.69. The molecule has 1 aliphatic heterocycles. The van der Waals surface area contributed by atoms with Crippen LogP contribution in [0.1, 0.15) is 32.4 Å². The van der Waals surface area contributed by atoms with Crippen molar-refractivity contribution in [2.24, 2.45) is 0 Å². The van der Waals surface area contributed by atoms with E-state index in [1.807, 2.05) is 0 Å². The third-order valence-electron chi connectivity index (χ3n) is 4.98. The summed E-state index contributed by atoms with van der Waals surface area (Å²) in [6.07, 6.45) is -1.21. The zero-order chi connectivity index (χ0) is 22.8. The number of halogens is 2. The lowest BCUT2D eigenvalue weighted by molar-refractivity contribution is 0.0945. The molecule has 0 aliphatic carbocycles. The maximum Gasteiger partial charge on any atom is 0.200 e. The molecule has 3 aromatic carbocycles. The van der Waals surface area contributed by atoms with Crippen LogP contribution in [0.3, 0.4) is 0 Å². The van der Waals surface area contributed by atoms with Crippen molar-refractivity contribution in [2.45, 2.75) is 6.10 Å². The van der Waals surface area contributed by atoms with Gasteiger partial charge in [-0.2, -0.15) is 0 Å². The van der Waals surface area contributed by atoms with E-state index in [-0.39, 0.29) is 28.1 Å². The molecule has 0 amide bonds. The van der Waals surface area contributed by atoms with Gasteiger partial charge >= 0.3 is 0 Å². The van der Waals surface area contributed by atoms with Gasteiger partial charge in [-0.3, -0.25) is 9.59 Å². The Kier molecular flexibility index (Phi) is 5.81. The lowest BCUT2D eigenvalue weighted by atomic mass is 9.94. The summed E-state index contributed by atoms with van der Waals surface area (Å²) in [5.74, 6) is -3.44. The molecule has 4 rings (SSSR count). The predicted molar refractivity (Wildman–Crippen MR) is 114 cm³/mol. The zero-order valence-electron chi connectivity index (χ0n) is 16.6. The van der Waals surface area contributed by atoms with Gasteiger partial charge in [0.05, 0.1) is 18.0 Å². The number of nitrogens with one attached hydrogen (secondary N) is 2. The van der Waals surface area contributed by atoms with Crippen LogP contribution in [-0.4, -0.2) is 28.4 Å². The monoisotopic (exact) mass is 436 g/mol. The lowest BCUT2D eigenvalue weighted by Crippen LogP contribution is -2.21. The number of hydrogen-bond acceptors (Lipinski definition) is 6. The molecule has 1 atom stereocenters. The fraction of sp³-hybridized carbons (Fsp3) is 0.0833. The van der Waals surface area contributed by atoms with Crippen molar-refractivity contribution in [2.75, 3.05) is 17.2 Å². The summed E-state index contributed by atoms with van der Waals surface area (Å²) in [5.41, 5.74) is 0.891. The Labute approximate surface area is 181 Å². The second kappa shape index (κ2) is 8.70. The van der Waals surface area contributed by atoms with Gasteiger partial charge in [-0.1, -0.05) is 30.3 Å². The first kappa shape index (κ1) is 21.4. The number of carbonyl (C=O) groups excluding carboxylic acids is 2. The maximum absolute atomic E-state index is 13.8. The largest absolute Gasteiger partial charge is 0.393 e. The number of allylic oxidation sites excluding steroid dienone is 1. The van der Waals surface area contributed by atoms with Crippen molar-refractivity contribution >= 4 is 22.9 Å². The summed E-state index contributed by atoms with van der Waals surface area (Å²) in [6, 6.07) is 15.2. The van der Waals surface area contributed by atoms with Gasteiger partial charge in [0.25, 0.3) is 0 Å². The van der Waals surface area contributed by atoms with E-state index in [9.17, 15) is 28.6 Å². The minimum atomic E-state index is -1.21. The van der Waals surface area contributed by atoms with Crippen molar-refractivity contribution in [3.05, 3.63) is 106 Å². The highest BCUT2D eigenvalue weighted by Gasteiger charge is 2.30. The highest BCUT2D eigenvalue weighted by molar-refractivity contribution is 6.32. The minimum Gasteiger partial charge on any atom is -0.393 e. The Balaban J connectivity index is 1.83. The molecule has 6 nitrogen and oxygen atoms in total. The summed E-state index contributed by atoms with van der Waals surface area (Å²) in [7, 11) is 0. The molecule has 8 heteroatoms. The van der Waals surface area contributed by atoms with Crippen LogP contribution in [-0.2, 0) is 0 Å². The Morgan fingerprint density at radius 3 is 2.00 bits per heavy atom. The Morgan fingerprint density at radius 2 is 1.41 bits per heavy atom. The van der Waals surface area contributed by atoms with E-state index >= 15 is 0 Å². The van der Waals surface area contributed by atoms with E-state index in [0.29, 0.717) is 17.4 Å². The SMILES string of the molecule is O=C(C(C(=O)c1cccc(C(O)CO)c1)=C1Nc2ccccc2N1)c1cc(F)cc(F)c1. The number of rotatable bonds is 6. The molecular weight excluding hydrogens is 418 g/mol. The highest BCUT2D eigenvalue weighted by Crippen LogP contribution is 2.33. The van der Waals surface area contributed by atoms with Crippen LogP contribution in [0.5, 0.6) is 0 Å². The van der Waals surface area contributed by atoms with Gasteiger partial charge in [-0.25, -0.2) is 8.78 Å². The van der Waals surface area contributed by atoms with Crippen LogP contribution in [0.2, 0.25) is 0 Å². The number of para-hydroxylation sites is 2. The van der Waals surface area contributed by atoms with Gasteiger partial charge in [0, 0.05) is 17.2 Å². The number of benzene rings is 3. The molecule has 0 bridgehead atoms. The van der Waals surface area contributed by atoms with Crippen LogP contribution >= 0.6 is 0 Å². The van der Waals surface area contributed by atoms with Gasteiger partial charge in [0.15, 0.2) is 0 Å². The van der Waals surface area contributed by atoms with Crippen LogP contribution in [0.25, 0.3) is 0 Å².